The molecule has 0 aliphatic carbocycles. The van der Waals surface area contributed by atoms with Crippen molar-refractivity contribution < 1.29 is 4.79 Å². The van der Waals surface area contributed by atoms with Crippen molar-refractivity contribution in [3.8, 4) is 0 Å². The molecule has 1 aromatic carbocycles. The number of aromatic nitrogens is 1. The number of anilines is 1. The van der Waals surface area contributed by atoms with Gasteiger partial charge in [-0.2, -0.15) is 0 Å². The molecule has 2 rings (SSSR count). The van der Waals surface area contributed by atoms with Gasteiger partial charge in [0.1, 0.15) is 0 Å². The van der Waals surface area contributed by atoms with E-state index >= 15 is 0 Å². The van der Waals surface area contributed by atoms with Gasteiger partial charge in [-0.1, -0.05) is 18.2 Å². The Labute approximate surface area is 112 Å². The van der Waals surface area contributed by atoms with Crippen molar-refractivity contribution in [3.63, 3.8) is 0 Å². The Morgan fingerprint density at radius 2 is 1.53 bits per heavy atom. The molecule has 0 spiro atoms. The molecule has 0 radical (unpaired) electrons. The molecule has 0 saturated carbocycles. The van der Waals surface area contributed by atoms with Crippen LogP contribution in [-0.2, 0) is 0 Å². The van der Waals surface area contributed by atoms with Crippen molar-refractivity contribution in [2.45, 2.75) is 0 Å². The smallest absolute Gasteiger partial charge is 0.255 e. The summed E-state index contributed by atoms with van der Waals surface area (Å²) in [6.45, 7) is 0. The number of pyridine rings is 1. The van der Waals surface area contributed by atoms with Gasteiger partial charge in [0.05, 0.1) is 0 Å². The second kappa shape index (κ2) is 7.65. The number of halogens is 2. The van der Waals surface area contributed by atoms with Gasteiger partial charge in [0.15, 0.2) is 0 Å². The molecule has 0 aliphatic rings. The lowest BCUT2D eigenvalue weighted by Gasteiger charge is -2.03. The van der Waals surface area contributed by atoms with Crippen molar-refractivity contribution >= 4 is 36.4 Å². The van der Waals surface area contributed by atoms with E-state index in [-0.39, 0.29) is 30.7 Å². The highest BCUT2D eigenvalue weighted by molar-refractivity contribution is 6.04. The topological polar surface area (TPSA) is 42.0 Å². The van der Waals surface area contributed by atoms with Gasteiger partial charge in [0, 0.05) is 23.6 Å². The zero-order valence-electron chi connectivity index (χ0n) is 8.87. The first-order valence-corrected chi connectivity index (χ1v) is 4.63. The van der Waals surface area contributed by atoms with Crippen LogP contribution in [0.5, 0.6) is 0 Å². The summed E-state index contributed by atoms with van der Waals surface area (Å²) in [5.74, 6) is -0.109. The normalized spacial score (nSPS) is 8.47. The number of amides is 1. The summed E-state index contributed by atoms with van der Waals surface area (Å²) in [5, 5.41) is 2.78. The summed E-state index contributed by atoms with van der Waals surface area (Å²) < 4.78 is 0. The molecule has 0 atom stereocenters. The molecule has 90 valence electrons. The van der Waals surface area contributed by atoms with Crippen LogP contribution in [0.2, 0.25) is 0 Å². The average Bonchev–Trinajstić information content (AvgIpc) is 2.31. The van der Waals surface area contributed by atoms with Crippen molar-refractivity contribution in [1.29, 1.82) is 0 Å². The summed E-state index contributed by atoms with van der Waals surface area (Å²) >= 11 is 0. The molecule has 0 unspecified atom stereocenters. The fraction of sp³-hybridized carbons (Fsp3) is 0. The first-order chi connectivity index (χ1) is 7.36. The van der Waals surface area contributed by atoms with Gasteiger partial charge >= 0.3 is 0 Å². The Balaban J connectivity index is 0.00000128. The Morgan fingerprint density at radius 3 is 2.12 bits per heavy atom. The second-order valence-corrected chi connectivity index (χ2v) is 3.06. The summed E-state index contributed by atoms with van der Waals surface area (Å²) in [5.41, 5.74) is 1.40. The van der Waals surface area contributed by atoms with Crippen LogP contribution in [0.15, 0.2) is 54.9 Å². The summed E-state index contributed by atoms with van der Waals surface area (Å²) in [6, 6.07) is 12.6. The minimum atomic E-state index is -0.109. The Morgan fingerprint density at radius 1 is 0.941 bits per heavy atom. The van der Waals surface area contributed by atoms with Gasteiger partial charge in [-0.15, -0.1) is 24.8 Å². The van der Waals surface area contributed by atoms with Crippen LogP contribution < -0.4 is 5.32 Å². The molecule has 1 N–H and O–H groups in total. The maximum Gasteiger partial charge on any atom is 0.255 e. The van der Waals surface area contributed by atoms with Crippen molar-refractivity contribution in [2.75, 3.05) is 5.32 Å². The van der Waals surface area contributed by atoms with E-state index in [1.54, 1.807) is 36.7 Å². The summed E-state index contributed by atoms with van der Waals surface area (Å²) in [4.78, 5) is 15.6. The lowest BCUT2D eigenvalue weighted by Crippen LogP contribution is -2.11. The molecule has 3 nitrogen and oxygen atoms in total. The fourth-order valence-electron chi connectivity index (χ4n) is 1.23. The molecule has 1 aromatic heterocycles. The van der Waals surface area contributed by atoms with Crippen LogP contribution in [0.25, 0.3) is 0 Å². The number of rotatable bonds is 2. The third-order valence-electron chi connectivity index (χ3n) is 1.97. The molecule has 5 heteroatoms. The minimum Gasteiger partial charge on any atom is -0.322 e. The zero-order chi connectivity index (χ0) is 10.5. The molecule has 1 amide bonds. The van der Waals surface area contributed by atoms with Crippen LogP contribution in [0.3, 0.4) is 0 Å². The number of benzene rings is 1. The molecular formula is C12H12Cl2N2O. The van der Waals surface area contributed by atoms with E-state index in [0.29, 0.717) is 5.56 Å². The lowest BCUT2D eigenvalue weighted by atomic mass is 10.2. The molecule has 0 aliphatic heterocycles. The summed E-state index contributed by atoms with van der Waals surface area (Å²) in [6.07, 6.45) is 3.28. The maximum absolute atomic E-state index is 11.7. The number of hydrogen-bond donors (Lipinski definition) is 1. The van der Waals surface area contributed by atoms with Crippen molar-refractivity contribution in [2.24, 2.45) is 0 Å². The quantitative estimate of drug-likeness (QED) is 0.911. The summed E-state index contributed by atoms with van der Waals surface area (Å²) in [7, 11) is 0. The number of hydrogen-bond acceptors (Lipinski definition) is 2. The Hall–Kier alpha value is -1.58. The predicted molar refractivity (Wildman–Crippen MR) is 73.1 cm³/mol. The molecule has 2 aromatic rings. The highest BCUT2D eigenvalue weighted by Crippen LogP contribution is 2.06. The number of nitrogens with one attached hydrogen (secondary N) is 1. The van der Waals surface area contributed by atoms with E-state index in [0.717, 1.165) is 5.69 Å². The van der Waals surface area contributed by atoms with Crippen molar-refractivity contribution in [3.05, 3.63) is 60.4 Å². The molecule has 0 fully saturated rings. The first kappa shape index (κ1) is 15.4. The first-order valence-electron chi connectivity index (χ1n) is 4.63. The molecule has 0 bridgehead atoms. The molecular weight excluding hydrogens is 259 g/mol. The van der Waals surface area contributed by atoms with Crippen LogP contribution >= 0.6 is 24.8 Å². The van der Waals surface area contributed by atoms with Gasteiger partial charge < -0.3 is 5.32 Å². The Kier molecular flexibility index (Phi) is 6.94. The van der Waals surface area contributed by atoms with Gasteiger partial charge in [-0.3, -0.25) is 9.78 Å². The van der Waals surface area contributed by atoms with E-state index in [4.69, 9.17) is 0 Å². The largest absolute Gasteiger partial charge is 0.322 e. The van der Waals surface area contributed by atoms with E-state index in [1.165, 1.54) is 0 Å². The molecule has 0 saturated heterocycles. The van der Waals surface area contributed by atoms with Crippen LogP contribution in [0.1, 0.15) is 10.4 Å². The Bertz CT molecular complexity index is 449. The number of nitrogens with zero attached hydrogens (tertiary/aromatic N) is 1. The maximum atomic E-state index is 11.7. The van der Waals surface area contributed by atoms with Gasteiger partial charge in [-0.05, 0) is 24.3 Å². The fourth-order valence-corrected chi connectivity index (χ4v) is 1.23. The van der Waals surface area contributed by atoms with E-state index in [9.17, 15) is 4.79 Å². The van der Waals surface area contributed by atoms with Crippen LogP contribution in [0, 0.1) is 0 Å². The predicted octanol–water partition coefficient (Wildman–Crippen LogP) is 3.18. The zero-order valence-corrected chi connectivity index (χ0v) is 10.5. The van der Waals surface area contributed by atoms with E-state index in [2.05, 4.69) is 10.3 Å². The number of carbonyl (C=O) groups excluding carboxylic acids is 1. The SMILES string of the molecule is Cl.Cl.O=C(Nc1ccncc1)c1ccccc1. The standard InChI is InChI=1S/C12H10N2O.2ClH/c15-12(10-4-2-1-3-5-10)14-11-6-8-13-9-7-11;;/h1-9H,(H,13,14,15);2*1H. The lowest BCUT2D eigenvalue weighted by molar-refractivity contribution is 0.102. The third kappa shape index (κ3) is 4.43. The van der Waals surface area contributed by atoms with Crippen LogP contribution in [0.4, 0.5) is 5.69 Å². The highest BCUT2D eigenvalue weighted by Gasteiger charge is 2.03. The minimum absolute atomic E-state index is 0. The average molecular weight is 271 g/mol. The van der Waals surface area contributed by atoms with Crippen molar-refractivity contribution in [1.82, 2.24) is 4.98 Å². The highest BCUT2D eigenvalue weighted by atomic mass is 35.5. The number of carbonyl (C=O) groups is 1. The van der Waals surface area contributed by atoms with Gasteiger partial charge in [0.25, 0.3) is 5.91 Å². The van der Waals surface area contributed by atoms with E-state index < -0.39 is 0 Å². The third-order valence-corrected chi connectivity index (χ3v) is 1.97. The van der Waals surface area contributed by atoms with E-state index in [1.807, 2.05) is 18.2 Å². The molecule has 1 heterocycles. The molecule has 17 heavy (non-hydrogen) atoms. The monoisotopic (exact) mass is 270 g/mol. The van der Waals surface area contributed by atoms with Gasteiger partial charge in [-0.25, -0.2) is 0 Å². The second-order valence-electron chi connectivity index (χ2n) is 3.06. The van der Waals surface area contributed by atoms with Gasteiger partial charge in [0.2, 0.25) is 0 Å². The van der Waals surface area contributed by atoms with Crippen LogP contribution in [-0.4, -0.2) is 10.9 Å².